The smallest absolute Gasteiger partial charge is 0.333 e. The van der Waals surface area contributed by atoms with Crippen LogP contribution < -0.4 is 15.7 Å². The molecule has 65 heavy (non-hydrogen) atoms. The number of furan rings is 1. The Morgan fingerprint density at radius 2 is 1.22 bits per heavy atom. The maximum atomic E-state index is 7.31. The fraction of sp³-hybridized carbons (Fsp3) is 0.311. The fourth-order valence-electron chi connectivity index (χ4n) is 12.9. The molecule has 0 radical (unpaired) electrons. The number of hydrogen-bond donors (Lipinski definition) is 0. The normalized spacial score (nSPS) is 17.4. The predicted octanol–water partition coefficient (Wildman–Crippen LogP) is 15.2. The van der Waals surface area contributed by atoms with E-state index in [1.807, 2.05) is 0 Å². The second-order valence-corrected chi connectivity index (χ2v) is 24.0. The Balaban J connectivity index is 1.28. The van der Waals surface area contributed by atoms with Gasteiger partial charge in [0.2, 0.25) is 0 Å². The first-order chi connectivity index (χ1) is 30.8. The Kier molecular flexibility index (Phi) is 7.43. The highest BCUT2D eigenvalue weighted by Crippen LogP contribution is 2.57. The second-order valence-electron chi connectivity index (χ2n) is 24.0. The molecular formula is C61H59BN2O. The zero-order valence-electron chi connectivity index (χ0n) is 40.3. The molecule has 0 N–H and O–H groups in total. The Bertz CT molecular complexity index is 3600. The maximum Gasteiger partial charge on any atom is 0.333 e. The minimum atomic E-state index is -0.162. The molecule has 9 aromatic rings. The molecule has 13 rings (SSSR count). The summed E-state index contributed by atoms with van der Waals surface area (Å²) in [6.07, 6.45) is 2.31. The number of fused-ring (bicyclic) bond motifs is 17. The average Bonchev–Trinajstić information content (AvgIpc) is 3.89. The van der Waals surface area contributed by atoms with Crippen molar-refractivity contribution in [1.29, 1.82) is 0 Å². The summed E-state index contributed by atoms with van der Waals surface area (Å²) in [5.41, 5.74) is 24.6. The lowest BCUT2D eigenvalue weighted by Gasteiger charge is -2.46. The summed E-state index contributed by atoms with van der Waals surface area (Å²) in [7, 11) is 0. The first-order valence-electron chi connectivity index (χ1n) is 24.1. The molecule has 4 aliphatic rings. The summed E-state index contributed by atoms with van der Waals surface area (Å²) in [6, 6.07) is 45.3. The van der Waals surface area contributed by atoms with Gasteiger partial charge in [-0.3, -0.25) is 0 Å². The van der Waals surface area contributed by atoms with Crippen LogP contribution in [0.1, 0.15) is 129 Å². The van der Waals surface area contributed by atoms with Crippen LogP contribution in [0.4, 0.5) is 11.4 Å². The molecule has 0 bridgehead atoms. The van der Waals surface area contributed by atoms with Gasteiger partial charge in [0.1, 0.15) is 11.2 Å². The number of benzene rings is 7. The first kappa shape index (κ1) is 39.4. The molecule has 0 saturated heterocycles. The van der Waals surface area contributed by atoms with Gasteiger partial charge in [-0.25, -0.2) is 0 Å². The van der Waals surface area contributed by atoms with E-state index >= 15 is 0 Å². The van der Waals surface area contributed by atoms with E-state index in [-0.39, 0.29) is 33.9 Å². The summed E-state index contributed by atoms with van der Waals surface area (Å²) in [5, 5.41) is 4.90. The molecule has 0 spiro atoms. The summed E-state index contributed by atoms with van der Waals surface area (Å²) in [5.74, 6) is 0. The molecular weight excluding hydrogens is 787 g/mol. The van der Waals surface area contributed by atoms with Crippen LogP contribution in [0.15, 0.2) is 120 Å². The quantitative estimate of drug-likeness (QED) is 0.154. The first-order valence-corrected chi connectivity index (χ1v) is 24.1. The Morgan fingerprint density at radius 1 is 0.554 bits per heavy atom. The summed E-state index contributed by atoms with van der Waals surface area (Å²) in [6.45, 7) is 28.6. The second kappa shape index (κ2) is 12.3. The molecule has 0 amide bonds. The molecule has 2 aromatic heterocycles. The highest BCUT2D eigenvalue weighted by atomic mass is 16.3. The van der Waals surface area contributed by atoms with Crippen LogP contribution in [0.25, 0.3) is 71.7 Å². The van der Waals surface area contributed by atoms with Crippen LogP contribution in [0.3, 0.4) is 0 Å². The van der Waals surface area contributed by atoms with Crippen LogP contribution in [0.2, 0.25) is 0 Å². The van der Waals surface area contributed by atoms with Gasteiger partial charge in [-0.05, 0) is 144 Å². The number of para-hydroxylation sites is 1. The van der Waals surface area contributed by atoms with E-state index in [0.717, 1.165) is 24.0 Å². The van der Waals surface area contributed by atoms with Gasteiger partial charge in [-0.2, -0.15) is 0 Å². The fourth-order valence-corrected chi connectivity index (χ4v) is 12.9. The molecule has 0 fully saturated rings. The molecule has 7 aromatic carbocycles. The Labute approximate surface area is 384 Å². The van der Waals surface area contributed by atoms with Crippen LogP contribution in [-0.4, -0.2) is 11.4 Å². The van der Waals surface area contributed by atoms with Crippen molar-refractivity contribution < 1.29 is 4.42 Å². The summed E-state index contributed by atoms with van der Waals surface area (Å²) < 4.78 is 9.96. The molecule has 2 aliphatic heterocycles. The number of nitrogens with zero attached hydrogens (tertiary/aromatic N) is 2. The van der Waals surface area contributed by atoms with Crippen LogP contribution in [-0.2, 0) is 27.1 Å². The third-order valence-corrected chi connectivity index (χ3v) is 16.7. The Hall–Kier alpha value is -6.00. The average molecular weight is 847 g/mol. The van der Waals surface area contributed by atoms with E-state index in [2.05, 4.69) is 208 Å². The molecule has 4 heteroatoms. The van der Waals surface area contributed by atoms with Crippen molar-refractivity contribution in [3.05, 3.63) is 149 Å². The van der Waals surface area contributed by atoms with E-state index in [1.165, 1.54) is 116 Å². The van der Waals surface area contributed by atoms with Gasteiger partial charge in [0.05, 0.1) is 16.4 Å². The van der Waals surface area contributed by atoms with Gasteiger partial charge < -0.3 is 13.8 Å². The van der Waals surface area contributed by atoms with Crippen molar-refractivity contribution in [2.75, 3.05) is 4.81 Å². The van der Waals surface area contributed by atoms with Crippen molar-refractivity contribution in [3.8, 4) is 27.9 Å². The number of aromatic nitrogens is 1. The van der Waals surface area contributed by atoms with Crippen LogP contribution in [0.5, 0.6) is 0 Å². The largest absolute Gasteiger partial charge is 0.455 e. The zero-order valence-corrected chi connectivity index (χ0v) is 40.3. The minimum Gasteiger partial charge on any atom is -0.455 e. The lowest BCUT2D eigenvalue weighted by molar-refractivity contribution is 0.332. The highest BCUT2D eigenvalue weighted by Gasteiger charge is 2.49. The van der Waals surface area contributed by atoms with E-state index in [0.29, 0.717) is 0 Å². The minimum absolute atomic E-state index is 0.0286. The monoisotopic (exact) mass is 846 g/mol. The third kappa shape index (κ3) is 5.04. The predicted molar refractivity (Wildman–Crippen MR) is 277 cm³/mol. The standard InChI is InChI=1S/C61H59BN2O/c1-57(2,3)34-21-24-36(25-22-34)64-48-33-45-44(59(7,8)27-28-60(45,9)10)30-41(48)51-52-38-18-14-16-20-50(38)65-56(52)53-40-29-35(58(4,5)6)23-26-47(40)63-49-31-39-37-17-13-15-19-42(37)61(11,12)43(39)32-46(49)62(64)54(51)55(53)63/h13-26,29-33H,27-28H2,1-12H3. The molecule has 0 unspecified atom stereocenters. The topological polar surface area (TPSA) is 21.3 Å². The number of anilines is 2. The zero-order chi connectivity index (χ0) is 45.1. The van der Waals surface area contributed by atoms with Crippen molar-refractivity contribution in [1.82, 2.24) is 4.57 Å². The van der Waals surface area contributed by atoms with Crippen molar-refractivity contribution in [2.24, 2.45) is 0 Å². The van der Waals surface area contributed by atoms with Crippen LogP contribution in [0, 0.1) is 0 Å². The Morgan fingerprint density at radius 3 is 1.94 bits per heavy atom. The highest BCUT2D eigenvalue weighted by molar-refractivity contribution is 6.94. The molecule has 2 aliphatic carbocycles. The lowest BCUT2D eigenvalue weighted by atomic mass is 9.43. The van der Waals surface area contributed by atoms with E-state index in [1.54, 1.807) is 0 Å². The van der Waals surface area contributed by atoms with Gasteiger partial charge in [-0.15, -0.1) is 0 Å². The molecule has 0 saturated carbocycles. The van der Waals surface area contributed by atoms with E-state index < -0.39 is 0 Å². The number of hydrogen-bond acceptors (Lipinski definition) is 2. The number of rotatable bonds is 1. The lowest BCUT2D eigenvalue weighted by Crippen LogP contribution is -2.61. The maximum absolute atomic E-state index is 7.31. The van der Waals surface area contributed by atoms with Gasteiger partial charge in [0.25, 0.3) is 0 Å². The van der Waals surface area contributed by atoms with Gasteiger partial charge in [-0.1, -0.05) is 150 Å². The van der Waals surface area contributed by atoms with Crippen LogP contribution >= 0.6 is 0 Å². The third-order valence-electron chi connectivity index (χ3n) is 16.7. The summed E-state index contributed by atoms with van der Waals surface area (Å²) >= 11 is 0. The van der Waals surface area contributed by atoms with Gasteiger partial charge in [0, 0.05) is 44.2 Å². The van der Waals surface area contributed by atoms with Gasteiger partial charge in [0.15, 0.2) is 0 Å². The van der Waals surface area contributed by atoms with E-state index in [9.17, 15) is 0 Å². The molecule has 3 nitrogen and oxygen atoms in total. The van der Waals surface area contributed by atoms with Gasteiger partial charge >= 0.3 is 6.85 Å². The molecule has 0 atom stereocenters. The molecule has 322 valence electrons. The SMILES string of the molecule is CC(C)(C)c1ccc(N2B3c4cc5c(cc4-n4c6ccc(C(C)(C)C)cc6c6c7oc8ccccc8c7c(c3c64)-c3cc4c(cc32)C(C)(C)CCC4(C)C)-c2ccccc2C5(C)C)cc1. The van der Waals surface area contributed by atoms with Crippen molar-refractivity contribution in [2.45, 2.75) is 123 Å². The van der Waals surface area contributed by atoms with Crippen molar-refractivity contribution in [3.63, 3.8) is 0 Å². The molecule has 4 heterocycles. The van der Waals surface area contributed by atoms with E-state index in [4.69, 9.17) is 4.42 Å². The summed E-state index contributed by atoms with van der Waals surface area (Å²) in [4.78, 5) is 2.76. The van der Waals surface area contributed by atoms with Crippen molar-refractivity contribution >= 4 is 72.9 Å².